The molecule has 3 aromatic rings. The number of fused-ring (bicyclic) bond motifs is 3. The molecule has 0 saturated carbocycles. The number of anilines is 2. The van der Waals surface area contributed by atoms with Crippen molar-refractivity contribution in [2.75, 3.05) is 4.90 Å². The molecule has 0 radical (unpaired) electrons. The van der Waals surface area contributed by atoms with E-state index in [2.05, 4.69) is 104 Å². The molecule has 1 atom stereocenters. The normalized spacial score (nSPS) is 17.6. The van der Waals surface area contributed by atoms with E-state index in [1.165, 1.54) is 50.0 Å². The van der Waals surface area contributed by atoms with E-state index in [4.69, 9.17) is 0 Å². The number of nitrogens with zero attached hydrogens (tertiary/aromatic N) is 1. The topological polar surface area (TPSA) is 3.24 Å². The summed E-state index contributed by atoms with van der Waals surface area (Å²) in [6.07, 6.45) is 6.06. The average molecular weight is 568 g/mol. The first-order chi connectivity index (χ1) is 15.2. The van der Waals surface area contributed by atoms with Gasteiger partial charge in [0, 0.05) is 0 Å². The summed E-state index contributed by atoms with van der Waals surface area (Å²) in [4.78, 5) is 5.25. The van der Waals surface area contributed by atoms with Crippen molar-refractivity contribution >= 4 is 29.2 Å². The molecule has 1 unspecified atom stereocenters. The molecule has 3 aliphatic rings. The summed E-state index contributed by atoms with van der Waals surface area (Å²) in [5.74, 6) is 0. The van der Waals surface area contributed by atoms with Crippen LogP contribution in [0.5, 0.6) is 0 Å². The van der Waals surface area contributed by atoms with Crippen molar-refractivity contribution in [2.24, 2.45) is 0 Å². The van der Waals surface area contributed by atoms with Crippen molar-refractivity contribution in [3.63, 3.8) is 0 Å². The molecule has 0 bridgehead atoms. The zero-order chi connectivity index (χ0) is 20.9. The van der Waals surface area contributed by atoms with Crippen LogP contribution in [0.15, 0.2) is 109 Å². The smallest absolute Gasteiger partial charge is 1.00 e. The van der Waals surface area contributed by atoms with Gasteiger partial charge in [-0.05, 0) is 0 Å². The van der Waals surface area contributed by atoms with E-state index < -0.39 is 23.2 Å². The summed E-state index contributed by atoms with van der Waals surface area (Å²) in [7, 11) is 0. The Balaban J connectivity index is 0.00000130. The van der Waals surface area contributed by atoms with Gasteiger partial charge in [0.05, 0.1) is 0 Å². The van der Waals surface area contributed by atoms with Crippen molar-refractivity contribution in [3.8, 4) is 0 Å². The fourth-order valence-corrected chi connectivity index (χ4v) is 10.2. The summed E-state index contributed by atoms with van der Waals surface area (Å²) in [5, 5.41) is 0. The van der Waals surface area contributed by atoms with Gasteiger partial charge in [-0.15, -0.1) is 0 Å². The van der Waals surface area contributed by atoms with Crippen LogP contribution in [-0.2, 0) is 23.2 Å². The molecule has 5 heteroatoms. The van der Waals surface area contributed by atoms with Crippen molar-refractivity contribution in [2.45, 2.75) is 33.7 Å². The van der Waals surface area contributed by atoms with Crippen LogP contribution in [0, 0.1) is 0 Å². The summed E-state index contributed by atoms with van der Waals surface area (Å²) in [5.41, 5.74) is 10.1. The predicted molar refractivity (Wildman–Crippen MR) is 127 cm³/mol. The molecule has 1 aliphatic heterocycles. The van der Waals surface area contributed by atoms with E-state index in [9.17, 15) is 0 Å². The van der Waals surface area contributed by atoms with Gasteiger partial charge in [-0.2, -0.15) is 0 Å². The van der Waals surface area contributed by atoms with Crippen molar-refractivity contribution in [1.29, 1.82) is 0 Å². The molecule has 3 aromatic carbocycles. The maximum Gasteiger partial charge on any atom is -1.00 e. The van der Waals surface area contributed by atoms with Gasteiger partial charge >= 0.3 is 201 Å². The van der Waals surface area contributed by atoms with Gasteiger partial charge in [0.1, 0.15) is 0 Å². The van der Waals surface area contributed by atoms with E-state index in [-0.39, 0.29) is 24.8 Å². The van der Waals surface area contributed by atoms with Gasteiger partial charge < -0.3 is 24.8 Å². The van der Waals surface area contributed by atoms with Crippen LogP contribution in [0.1, 0.15) is 35.0 Å². The minimum atomic E-state index is -0.861. The molecule has 164 valence electrons. The Kier molecular flexibility index (Phi) is 7.46. The molecule has 0 spiro atoms. The minimum Gasteiger partial charge on any atom is -1.00 e. The average Bonchev–Trinajstić information content (AvgIpc) is 3.32. The second-order valence-electron chi connectivity index (χ2n) is 8.34. The minimum absolute atomic E-state index is 0. The van der Waals surface area contributed by atoms with E-state index >= 15 is 0 Å². The van der Waals surface area contributed by atoms with Gasteiger partial charge in [0.25, 0.3) is 0 Å². The van der Waals surface area contributed by atoms with Crippen LogP contribution in [-0.4, -0.2) is 0 Å². The molecule has 2 aliphatic carbocycles. The molecule has 0 amide bonds. The largest absolute Gasteiger partial charge is 1.00 e. The van der Waals surface area contributed by atoms with Gasteiger partial charge in [0.2, 0.25) is 0 Å². The van der Waals surface area contributed by atoms with Gasteiger partial charge in [-0.1, -0.05) is 0 Å². The number of para-hydroxylation sites is 2. The van der Waals surface area contributed by atoms with Gasteiger partial charge in [-0.3, -0.25) is 0 Å². The second-order valence-corrected chi connectivity index (χ2v) is 13.0. The standard InChI is InChI=1S/C21H14NS.C7H9.2ClH.Zr/c1-2-8-16-14-17(13-15(16)7-1)22-18-9-3-5-11-20(18)23-21-12-6-4-10-19(21)22;1-6-4-3-5-7(6)2;;;/h1-14H;4H,3H2,1-2H3;2*1H;/q;;;;+2/p-2. The van der Waals surface area contributed by atoms with Crippen LogP contribution < -0.4 is 29.7 Å². The number of rotatable bonds is 3. The Hall–Kier alpha value is -1.51. The van der Waals surface area contributed by atoms with E-state index in [0.717, 1.165) is 0 Å². The maximum absolute atomic E-state index is 2.57. The predicted octanol–water partition coefficient (Wildman–Crippen LogP) is 2.10. The third kappa shape index (κ3) is 4.23. The molecular weight excluding hydrogens is 545 g/mol. The third-order valence-electron chi connectivity index (χ3n) is 6.57. The molecule has 0 N–H and O–H groups in total. The molecule has 0 fully saturated rings. The number of hydrogen-bond acceptors (Lipinski definition) is 2. The second kappa shape index (κ2) is 10.0. The van der Waals surface area contributed by atoms with E-state index in [1.807, 2.05) is 11.8 Å². The Labute approximate surface area is 224 Å². The van der Waals surface area contributed by atoms with Crippen LogP contribution in [0.3, 0.4) is 0 Å². The molecule has 33 heavy (non-hydrogen) atoms. The fourth-order valence-electron chi connectivity index (χ4n) is 4.78. The maximum atomic E-state index is 2.57. The summed E-state index contributed by atoms with van der Waals surface area (Å²) in [6, 6.07) is 26.8. The SMILES string of the molecule is CC1=CC[C]([Zr+2][CH]2C(N3c4ccccc4Sc4ccccc43)=Cc3ccccc32)=C1C.[Cl-].[Cl-]. The summed E-state index contributed by atoms with van der Waals surface area (Å²) >= 11 is 1.03. The monoisotopic (exact) mass is 565 g/mol. The van der Waals surface area contributed by atoms with Crippen LogP contribution >= 0.6 is 11.8 Å². The van der Waals surface area contributed by atoms with Crippen LogP contribution in [0.25, 0.3) is 6.08 Å². The summed E-state index contributed by atoms with van der Waals surface area (Å²) in [6.45, 7) is 4.61. The van der Waals surface area contributed by atoms with E-state index in [0.29, 0.717) is 3.63 Å². The first-order valence-electron chi connectivity index (χ1n) is 10.8. The number of halogens is 2. The molecule has 1 heterocycles. The first kappa shape index (κ1) is 24.6. The van der Waals surface area contributed by atoms with Crippen LogP contribution in [0.4, 0.5) is 11.4 Å². The number of allylic oxidation sites excluding steroid dienone is 5. The Morgan fingerprint density at radius 2 is 1.42 bits per heavy atom. The van der Waals surface area contributed by atoms with Crippen molar-refractivity contribution in [3.05, 3.63) is 110 Å². The fraction of sp³-hybridized carbons (Fsp3) is 0.143. The molecule has 6 rings (SSSR count). The molecular formula is C28H23Cl2NSZr. The third-order valence-corrected chi connectivity index (χ3v) is 12.2. The Bertz CT molecular complexity index is 1270. The number of hydrogen-bond donors (Lipinski definition) is 0. The molecule has 0 saturated heterocycles. The Morgan fingerprint density at radius 1 is 0.818 bits per heavy atom. The zero-order valence-electron chi connectivity index (χ0n) is 18.5. The summed E-state index contributed by atoms with van der Waals surface area (Å²) < 4.78 is 2.29. The molecule has 0 aromatic heterocycles. The van der Waals surface area contributed by atoms with E-state index in [1.54, 1.807) is 8.85 Å². The van der Waals surface area contributed by atoms with Gasteiger partial charge in [-0.25, -0.2) is 0 Å². The molecule has 1 nitrogen and oxygen atoms in total. The zero-order valence-corrected chi connectivity index (χ0v) is 23.3. The van der Waals surface area contributed by atoms with Crippen molar-refractivity contribution < 1.29 is 48.0 Å². The Morgan fingerprint density at radius 3 is 2.06 bits per heavy atom. The first-order valence-corrected chi connectivity index (χ1v) is 14.3. The quantitative estimate of drug-likeness (QED) is 0.477. The number of benzene rings is 3. The van der Waals surface area contributed by atoms with Crippen LogP contribution in [0.2, 0.25) is 0 Å². The van der Waals surface area contributed by atoms with Gasteiger partial charge in [0.15, 0.2) is 0 Å². The van der Waals surface area contributed by atoms with Crippen molar-refractivity contribution in [1.82, 2.24) is 0 Å².